The number of nitrogens with one attached hydrogen (secondary N) is 1. The number of pyridine rings is 1. The molecule has 5 rings (SSSR count). The first-order chi connectivity index (χ1) is 19.1. The first-order valence-corrected chi connectivity index (χ1v) is 13.7. The molecule has 0 saturated heterocycles. The summed E-state index contributed by atoms with van der Waals surface area (Å²) in [4.78, 5) is 38.4. The van der Waals surface area contributed by atoms with Crippen molar-refractivity contribution in [2.24, 2.45) is 10.4 Å². The van der Waals surface area contributed by atoms with Crippen LogP contribution >= 0.6 is 23.2 Å². The van der Waals surface area contributed by atoms with E-state index in [4.69, 9.17) is 23.2 Å². The van der Waals surface area contributed by atoms with Crippen LogP contribution in [0.3, 0.4) is 0 Å². The Hall–Kier alpha value is -3.62. The van der Waals surface area contributed by atoms with Gasteiger partial charge in [-0.25, -0.2) is 14.4 Å². The lowest BCUT2D eigenvalue weighted by atomic mass is 10.1. The van der Waals surface area contributed by atoms with Crippen molar-refractivity contribution in [2.45, 2.75) is 51.9 Å². The molecule has 2 aromatic heterocycles. The Kier molecular flexibility index (Phi) is 7.75. The molecule has 10 heteroatoms. The molecule has 206 valence electrons. The highest BCUT2D eigenvalue weighted by Gasteiger charge is 2.45. The largest absolute Gasteiger partial charge is 0.323 e. The van der Waals surface area contributed by atoms with Crippen LogP contribution in [0.25, 0.3) is 6.20 Å². The molecule has 1 amide bonds. The number of benzene rings is 1. The van der Waals surface area contributed by atoms with Gasteiger partial charge >= 0.3 is 0 Å². The first kappa shape index (κ1) is 27.9. The van der Waals surface area contributed by atoms with Crippen molar-refractivity contribution in [3.05, 3.63) is 104 Å². The highest BCUT2D eigenvalue weighted by Crippen LogP contribution is 2.55. The van der Waals surface area contributed by atoms with Crippen molar-refractivity contribution >= 4 is 46.7 Å². The van der Waals surface area contributed by atoms with Crippen LogP contribution in [0.5, 0.6) is 0 Å². The second-order valence-electron chi connectivity index (χ2n) is 10.4. The van der Waals surface area contributed by atoms with E-state index in [0.717, 1.165) is 30.5 Å². The van der Waals surface area contributed by atoms with Crippen molar-refractivity contribution in [3.63, 3.8) is 0 Å². The average Bonchev–Trinajstić information content (AvgIpc) is 3.86. The molecule has 40 heavy (non-hydrogen) atoms. The second kappa shape index (κ2) is 11.1. The van der Waals surface area contributed by atoms with Gasteiger partial charge in [0.1, 0.15) is 16.5 Å². The normalized spacial score (nSPS) is 19.8. The Bertz CT molecular complexity index is 1640. The van der Waals surface area contributed by atoms with Gasteiger partial charge in [-0.1, -0.05) is 42.3 Å². The fourth-order valence-corrected chi connectivity index (χ4v) is 5.08. The zero-order chi connectivity index (χ0) is 28.6. The number of carbonyl (C=O) groups excluding carboxylic acids is 1. The number of rotatable bonds is 8. The van der Waals surface area contributed by atoms with E-state index in [2.05, 4.69) is 20.3 Å². The lowest BCUT2D eigenvalue weighted by Crippen LogP contribution is -2.22. The van der Waals surface area contributed by atoms with Crippen LogP contribution < -0.4 is 10.9 Å². The highest BCUT2D eigenvalue weighted by atomic mass is 35.5. The maximum absolute atomic E-state index is 15.6. The predicted octanol–water partition coefficient (Wildman–Crippen LogP) is 6.90. The summed E-state index contributed by atoms with van der Waals surface area (Å²) in [6.07, 6.45) is 10.1. The fraction of sp³-hybridized carbons (Fsp3) is 0.300. The predicted molar refractivity (Wildman–Crippen MR) is 157 cm³/mol. The Morgan fingerprint density at radius 3 is 2.70 bits per heavy atom. The second-order valence-corrected chi connectivity index (χ2v) is 11.2. The lowest BCUT2D eigenvalue weighted by Gasteiger charge is -2.13. The van der Waals surface area contributed by atoms with Gasteiger partial charge in [0.25, 0.3) is 5.56 Å². The number of allylic oxidation sites excluding steroid dienone is 2. The molecule has 0 bridgehead atoms. The minimum absolute atomic E-state index is 0.0558. The Morgan fingerprint density at radius 1 is 1.23 bits per heavy atom. The van der Waals surface area contributed by atoms with Gasteiger partial charge in [0.05, 0.1) is 11.4 Å². The van der Waals surface area contributed by atoms with Crippen molar-refractivity contribution in [2.75, 3.05) is 5.32 Å². The fourth-order valence-electron chi connectivity index (χ4n) is 4.63. The van der Waals surface area contributed by atoms with E-state index >= 15 is 4.39 Å². The molecule has 2 atom stereocenters. The molecular weight excluding hydrogens is 552 g/mol. The number of hydrogen-bond acceptors (Lipinski definition) is 5. The number of carbonyl (C=O) groups is 1. The molecule has 2 aliphatic carbocycles. The number of hydrogen-bond donors (Lipinski definition) is 1. The number of halogens is 3. The summed E-state index contributed by atoms with van der Waals surface area (Å²) >= 11 is 12.6. The summed E-state index contributed by atoms with van der Waals surface area (Å²) in [5.74, 6) is -0.639. The first-order valence-electron chi connectivity index (χ1n) is 13.0. The summed E-state index contributed by atoms with van der Waals surface area (Å²) in [5, 5.41) is 3.20. The summed E-state index contributed by atoms with van der Waals surface area (Å²) in [6, 6.07) is 8.37. The van der Waals surface area contributed by atoms with Crippen molar-refractivity contribution in [3.8, 4) is 0 Å². The van der Waals surface area contributed by atoms with Gasteiger partial charge in [-0.05, 0) is 74.9 Å². The molecule has 3 aromatic rings. The third kappa shape index (κ3) is 5.64. The third-order valence-corrected chi connectivity index (χ3v) is 8.03. The SMILES string of the molecule is C/C=C/N=C(/C=C/n1c(C)cc(C2CC2c2cc(Cl)ncn2)c(Cl)c1=O)c1cccc(NC(=O)C2(C)CC2)c1F. The minimum Gasteiger partial charge on any atom is -0.323 e. The van der Waals surface area contributed by atoms with Crippen molar-refractivity contribution < 1.29 is 9.18 Å². The van der Waals surface area contributed by atoms with Gasteiger partial charge in [-0.2, -0.15) is 0 Å². The van der Waals surface area contributed by atoms with Crippen LogP contribution in [0, 0.1) is 18.2 Å². The molecule has 2 unspecified atom stereocenters. The zero-order valence-corrected chi connectivity index (χ0v) is 23.8. The van der Waals surface area contributed by atoms with E-state index in [9.17, 15) is 9.59 Å². The number of aliphatic imine (C=N–C) groups is 1. The van der Waals surface area contributed by atoms with Crippen LogP contribution in [0.1, 0.15) is 67.5 Å². The van der Waals surface area contributed by atoms with Gasteiger partial charge in [-0.3, -0.25) is 19.1 Å². The molecule has 1 N–H and O–H groups in total. The van der Waals surface area contributed by atoms with Gasteiger partial charge in [0.15, 0.2) is 5.82 Å². The van der Waals surface area contributed by atoms with E-state index in [-0.39, 0.29) is 45.3 Å². The summed E-state index contributed by atoms with van der Waals surface area (Å²) in [7, 11) is 0. The van der Waals surface area contributed by atoms with Crippen LogP contribution in [0.2, 0.25) is 10.2 Å². The molecule has 0 radical (unpaired) electrons. The molecule has 2 heterocycles. The number of aryl methyl sites for hydroxylation is 1. The molecule has 0 spiro atoms. The topological polar surface area (TPSA) is 89.2 Å². The molecule has 2 aliphatic rings. The van der Waals surface area contributed by atoms with E-state index in [1.165, 1.54) is 29.4 Å². The maximum Gasteiger partial charge on any atom is 0.273 e. The smallest absolute Gasteiger partial charge is 0.273 e. The van der Waals surface area contributed by atoms with E-state index in [1.807, 2.05) is 19.9 Å². The summed E-state index contributed by atoms with van der Waals surface area (Å²) < 4.78 is 17.0. The molecule has 0 aliphatic heterocycles. The molecule has 2 saturated carbocycles. The van der Waals surface area contributed by atoms with E-state index in [1.54, 1.807) is 37.3 Å². The number of nitrogens with zero attached hydrogens (tertiary/aromatic N) is 4. The third-order valence-electron chi connectivity index (χ3n) is 7.44. The van der Waals surface area contributed by atoms with E-state index in [0.29, 0.717) is 10.8 Å². The van der Waals surface area contributed by atoms with Gasteiger partial charge < -0.3 is 5.32 Å². The molecule has 2 fully saturated rings. The van der Waals surface area contributed by atoms with Crippen LogP contribution in [0.4, 0.5) is 10.1 Å². The number of anilines is 1. The molecule has 1 aromatic carbocycles. The Morgan fingerprint density at radius 2 is 2.00 bits per heavy atom. The minimum atomic E-state index is -0.602. The van der Waals surface area contributed by atoms with Gasteiger partial charge in [0, 0.05) is 40.7 Å². The standard InChI is InChI=1S/C30H28Cl2FN5O2/c1-4-11-34-22(18-6-5-7-23(27(18)33)37-29(40)30(3)9-10-30)8-12-38-17(2)13-21(26(32)28(38)39)19-14-20(19)24-15-25(31)36-16-35-24/h4-8,11-13,15-16,19-20H,9-10,14H2,1-3H3,(H,37,40)/b11-4+,12-8+,34-22-. The monoisotopic (exact) mass is 579 g/mol. The van der Waals surface area contributed by atoms with Crippen molar-refractivity contribution in [1.82, 2.24) is 14.5 Å². The van der Waals surface area contributed by atoms with Crippen LogP contribution in [0.15, 0.2) is 64.8 Å². The summed E-state index contributed by atoms with van der Waals surface area (Å²) in [5.41, 5.74) is 1.96. The van der Waals surface area contributed by atoms with Crippen LogP contribution in [-0.2, 0) is 4.79 Å². The van der Waals surface area contributed by atoms with Crippen molar-refractivity contribution in [1.29, 1.82) is 0 Å². The quantitative estimate of drug-likeness (QED) is 0.232. The van der Waals surface area contributed by atoms with Gasteiger partial charge in [-0.15, -0.1) is 0 Å². The van der Waals surface area contributed by atoms with Gasteiger partial charge in [0.2, 0.25) is 5.91 Å². The summed E-state index contributed by atoms with van der Waals surface area (Å²) in [6.45, 7) is 5.46. The maximum atomic E-state index is 15.6. The number of aromatic nitrogens is 3. The Labute approximate surface area is 241 Å². The molecular formula is C30H28Cl2FN5O2. The number of amides is 1. The average molecular weight is 580 g/mol. The van der Waals surface area contributed by atoms with E-state index < -0.39 is 11.2 Å². The lowest BCUT2D eigenvalue weighted by molar-refractivity contribution is -0.120. The highest BCUT2D eigenvalue weighted by molar-refractivity contribution is 6.31. The Balaban J connectivity index is 1.43. The zero-order valence-electron chi connectivity index (χ0n) is 22.3. The van der Waals surface area contributed by atoms with Crippen LogP contribution in [-0.4, -0.2) is 26.2 Å². The molecule has 7 nitrogen and oxygen atoms in total.